The zero-order valence-electron chi connectivity index (χ0n) is 11.1. The van der Waals surface area contributed by atoms with Gasteiger partial charge in [0.25, 0.3) is 0 Å². The van der Waals surface area contributed by atoms with Crippen LogP contribution in [0.15, 0.2) is 20.4 Å². The molecule has 6 nitrogen and oxygen atoms in total. The van der Waals surface area contributed by atoms with Crippen molar-refractivity contribution in [1.82, 2.24) is 15.5 Å². The van der Waals surface area contributed by atoms with E-state index in [2.05, 4.69) is 31.4 Å². The summed E-state index contributed by atoms with van der Waals surface area (Å²) in [5.74, 6) is 0.724. The zero-order valence-corrected chi connectivity index (χ0v) is 13.5. The van der Waals surface area contributed by atoms with Gasteiger partial charge < -0.3 is 15.6 Å². The Bertz CT molecular complexity index is 596. The van der Waals surface area contributed by atoms with Crippen LogP contribution in [0.4, 0.5) is 0 Å². The number of halogens is 1. The van der Waals surface area contributed by atoms with E-state index >= 15 is 0 Å². The van der Waals surface area contributed by atoms with E-state index < -0.39 is 6.04 Å². The second-order valence-electron chi connectivity index (χ2n) is 4.63. The van der Waals surface area contributed by atoms with Crippen molar-refractivity contribution in [3.8, 4) is 10.7 Å². The van der Waals surface area contributed by atoms with Crippen molar-refractivity contribution in [2.45, 2.75) is 26.4 Å². The molecule has 0 aromatic carbocycles. The molecule has 0 bridgehead atoms. The van der Waals surface area contributed by atoms with Gasteiger partial charge in [0, 0.05) is 9.85 Å². The number of hydrogen-bond acceptors (Lipinski definition) is 6. The number of aromatic nitrogens is 2. The molecule has 0 saturated carbocycles. The fourth-order valence-corrected chi connectivity index (χ4v) is 2.79. The molecular weight excluding hydrogens is 344 g/mol. The molecule has 3 N–H and O–H groups in total. The lowest BCUT2D eigenvalue weighted by Gasteiger charge is -2.14. The lowest BCUT2D eigenvalue weighted by molar-refractivity contribution is -0.123. The summed E-state index contributed by atoms with van der Waals surface area (Å²) in [5.41, 5.74) is 5.74. The monoisotopic (exact) mass is 358 g/mol. The number of carbonyl (C=O) groups is 1. The maximum Gasteiger partial charge on any atom is 0.246 e. The normalized spacial score (nSPS) is 12.7. The number of thiophene rings is 1. The van der Waals surface area contributed by atoms with Gasteiger partial charge >= 0.3 is 0 Å². The molecule has 0 fully saturated rings. The van der Waals surface area contributed by atoms with E-state index in [1.54, 1.807) is 0 Å². The lowest BCUT2D eigenvalue weighted by atomic mass is 10.1. The predicted octanol–water partition coefficient (Wildman–Crippen LogP) is 2.16. The van der Waals surface area contributed by atoms with Crippen molar-refractivity contribution in [2.75, 3.05) is 0 Å². The topological polar surface area (TPSA) is 94.0 Å². The minimum atomic E-state index is -0.536. The highest BCUT2D eigenvalue weighted by molar-refractivity contribution is 9.10. The lowest BCUT2D eigenvalue weighted by Crippen LogP contribution is -2.43. The van der Waals surface area contributed by atoms with Gasteiger partial charge in [-0.25, -0.2) is 0 Å². The van der Waals surface area contributed by atoms with Crippen molar-refractivity contribution < 1.29 is 9.32 Å². The van der Waals surface area contributed by atoms with Gasteiger partial charge in [-0.05, 0) is 27.9 Å². The van der Waals surface area contributed by atoms with Gasteiger partial charge in [-0.3, -0.25) is 4.79 Å². The zero-order chi connectivity index (χ0) is 14.7. The Balaban J connectivity index is 1.95. The van der Waals surface area contributed by atoms with Crippen molar-refractivity contribution in [1.29, 1.82) is 0 Å². The fourth-order valence-electron chi connectivity index (χ4n) is 1.44. The first kappa shape index (κ1) is 15.1. The van der Waals surface area contributed by atoms with Gasteiger partial charge in [-0.15, -0.1) is 11.3 Å². The summed E-state index contributed by atoms with van der Waals surface area (Å²) < 4.78 is 6.07. The molecule has 0 radical (unpaired) electrons. The highest BCUT2D eigenvalue weighted by Crippen LogP contribution is 2.27. The fraction of sp³-hybridized carbons (Fsp3) is 0.417. The van der Waals surface area contributed by atoms with E-state index in [-0.39, 0.29) is 18.4 Å². The number of nitrogens with zero attached hydrogens (tertiary/aromatic N) is 2. The average molecular weight is 359 g/mol. The SMILES string of the molecule is CC(C)[C@H](N)C(=O)NCc1nc(-c2cc(Br)cs2)no1. The Morgan fingerprint density at radius 1 is 1.60 bits per heavy atom. The summed E-state index contributed by atoms with van der Waals surface area (Å²) in [7, 11) is 0. The van der Waals surface area contributed by atoms with Gasteiger partial charge in [0.1, 0.15) is 0 Å². The minimum absolute atomic E-state index is 0.0803. The number of amides is 1. The van der Waals surface area contributed by atoms with Crippen LogP contribution in [0.3, 0.4) is 0 Å². The van der Waals surface area contributed by atoms with Crippen LogP contribution in [0.5, 0.6) is 0 Å². The molecule has 108 valence electrons. The summed E-state index contributed by atoms with van der Waals surface area (Å²) in [6.07, 6.45) is 0. The average Bonchev–Trinajstić information content (AvgIpc) is 3.03. The summed E-state index contributed by atoms with van der Waals surface area (Å²) in [6.45, 7) is 3.96. The van der Waals surface area contributed by atoms with Crippen molar-refractivity contribution in [3.05, 3.63) is 21.8 Å². The van der Waals surface area contributed by atoms with E-state index in [1.807, 2.05) is 25.3 Å². The molecule has 0 aliphatic rings. The second kappa shape index (κ2) is 6.47. The first-order valence-corrected chi connectivity index (χ1v) is 7.75. The molecule has 8 heteroatoms. The third-order valence-corrected chi connectivity index (χ3v) is 4.38. The Labute approximate surface area is 128 Å². The number of hydrogen-bond donors (Lipinski definition) is 2. The van der Waals surface area contributed by atoms with Gasteiger partial charge in [0.05, 0.1) is 17.5 Å². The first-order chi connectivity index (χ1) is 9.47. The van der Waals surface area contributed by atoms with Crippen molar-refractivity contribution in [2.24, 2.45) is 11.7 Å². The molecule has 2 aromatic rings. The molecule has 1 amide bonds. The molecule has 0 aliphatic heterocycles. The van der Waals surface area contributed by atoms with Gasteiger partial charge in [-0.1, -0.05) is 19.0 Å². The number of nitrogens with two attached hydrogens (primary N) is 1. The van der Waals surface area contributed by atoms with Gasteiger partial charge in [-0.2, -0.15) is 4.98 Å². The molecule has 0 spiro atoms. The van der Waals surface area contributed by atoms with Crippen LogP contribution in [0, 0.1) is 5.92 Å². The molecule has 2 heterocycles. The summed E-state index contributed by atoms with van der Waals surface area (Å²) in [5, 5.41) is 8.50. The van der Waals surface area contributed by atoms with Crippen molar-refractivity contribution in [3.63, 3.8) is 0 Å². The maximum atomic E-state index is 11.7. The van der Waals surface area contributed by atoms with Crippen LogP contribution < -0.4 is 11.1 Å². The quantitative estimate of drug-likeness (QED) is 0.853. The maximum absolute atomic E-state index is 11.7. The second-order valence-corrected chi connectivity index (χ2v) is 6.46. The van der Waals surface area contributed by atoms with Crippen LogP contribution in [-0.2, 0) is 11.3 Å². The minimum Gasteiger partial charge on any atom is -0.346 e. The Morgan fingerprint density at radius 3 is 2.95 bits per heavy atom. The van der Waals surface area contributed by atoms with E-state index in [9.17, 15) is 4.79 Å². The van der Waals surface area contributed by atoms with E-state index in [4.69, 9.17) is 10.3 Å². The summed E-state index contributed by atoms with van der Waals surface area (Å²) in [6, 6.07) is 1.37. The molecule has 0 aliphatic carbocycles. The number of rotatable bonds is 5. The van der Waals surface area contributed by atoms with Crippen LogP contribution in [0.2, 0.25) is 0 Å². The number of nitrogens with one attached hydrogen (secondary N) is 1. The Kier molecular flexibility index (Phi) is 4.90. The smallest absolute Gasteiger partial charge is 0.246 e. The molecule has 2 rings (SSSR count). The van der Waals surface area contributed by atoms with Gasteiger partial charge in [0.15, 0.2) is 0 Å². The van der Waals surface area contributed by atoms with Crippen LogP contribution in [-0.4, -0.2) is 22.1 Å². The van der Waals surface area contributed by atoms with Crippen LogP contribution >= 0.6 is 27.3 Å². The Hall–Kier alpha value is -1.25. The van der Waals surface area contributed by atoms with E-state index in [0.29, 0.717) is 11.7 Å². The Morgan fingerprint density at radius 2 is 2.35 bits per heavy atom. The molecule has 20 heavy (non-hydrogen) atoms. The first-order valence-electron chi connectivity index (χ1n) is 6.07. The highest BCUT2D eigenvalue weighted by Gasteiger charge is 2.18. The summed E-state index contributed by atoms with van der Waals surface area (Å²) in [4.78, 5) is 16.8. The molecule has 0 unspecified atom stereocenters. The number of carbonyl (C=O) groups excluding carboxylic acids is 1. The summed E-state index contributed by atoms with van der Waals surface area (Å²) >= 11 is 4.88. The van der Waals surface area contributed by atoms with E-state index in [0.717, 1.165) is 9.35 Å². The van der Waals surface area contributed by atoms with Crippen LogP contribution in [0.1, 0.15) is 19.7 Å². The van der Waals surface area contributed by atoms with E-state index in [1.165, 1.54) is 11.3 Å². The largest absolute Gasteiger partial charge is 0.346 e. The molecule has 0 saturated heterocycles. The third kappa shape index (κ3) is 3.65. The third-order valence-electron chi connectivity index (χ3n) is 2.69. The predicted molar refractivity (Wildman–Crippen MR) is 80.0 cm³/mol. The van der Waals surface area contributed by atoms with Crippen molar-refractivity contribution >= 4 is 33.2 Å². The standard InChI is InChI=1S/C12H15BrN4O2S/c1-6(2)10(14)12(18)15-4-9-16-11(17-19-9)8-3-7(13)5-20-8/h3,5-6,10H,4,14H2,1-2H3,(H,15,18)/t10-/m0/s1. The molecular formula is C12H15BrN4O2S. The highest BCUT2D eigenvalue weighted by atomic mass is 79.9. The van der Waals surface area contributed by atoms with Gasteiger partial charge in [0.2, 0.25) is 17.6 Å². The van der Waals surface area contributed by atoms with Crippen LogP contribution in [0.25, 0.3) is 10.7 Å². The molecule has 1 atom stereocenters. The molecule has 2 aromatic heterocycles.